The maximum Gasteiger partial charge on any atom is 0.231 e. The third-order valence-electron chi connectivity index (χ3n) is 5.65. The highest BCUT2D eigenvalue weighted by Crippen LogP contribution is 2.29. The van der Waals surface area contributed by atoms with E-state index in [-0.39, 0.29) is 11.7 Å². The van der Waals surface area contributed by atoms with Gasteiger partial charge in [-0.05, 0) is 43.7 Å². The summed E-state index contributed by atoms with van der Waals surface area (Å²) >= 11 is 0. The summed E-state index contributed by atoms with van der Waals surface area (Å²) in [5, 5.41) is 13.7. The van der Waals surface area contributed by atoms with Crippen molar-refractivity contribution in [1.29, 1.82) is 5.26 Å². The predicted octanol–water partition coefficient (Wildman–Crippen LogP) is 4.38. The van der Waals surface area contributed by atoms with E-state index in [0.29, 0.717) is 23.8 Å². The highest BCUT2D eigenvalue weighted by Gasteiger charge is 2.27. The maximum absolute atomic E-state index is 13.5. The Balaban J connectivity index is 1.34. The maximum atomic E-state index is 13.5. The Kier molecular flexibility index (Phi) is 4.77. The van der Waals surface area contributed by atoms with Crippen molar-refractivity contribution in [3.8, 4) is 17.5 Å². The van der Waals surface area contributed by atoms with Gasteiger partial charge in [-0.25, -0.2) is 4.39 Å². The van der Waals surface area contributed by atoms with E-state index in [2.05, 4.69) is 21.1 Å². The van der Waals surface area contributed by atoms with E-state index in [1.165, 1.54) is 12.1 Å². The number of nitrogens with zero attached hydrogens (tertiary/aromatic N) is 5. The van der Waals surface area contributed by atoms with Gasteiger partial charge in [0.1, 0.15) is 11.9 Å². The molecule has 0 spiro atoms. The molecule has 1 unspecified atom stereocenters. The summed E-state index contributed by atoms with van der Waals surface area (Å²) in [4.78, 5) is 6.86. The molecule has 6 nitrogen and oxygen atoms in total. The number of rotatable bonds is 4. The molecule has 1 aromatic carbocycles. The molecule has 3 aromatic heterocycles. The Hall–Kier alpha value is -3.50. The molecule has 1 saturated heterocycles. The van der Waals surface area contributed by atoms with Gasteiger partial charge in [0.05, 0.1) is 17.0 Å². The van der Waals surface area contributed by atoms with Crippen LogP contribution in [0.5, 0.6) is 0 Å². The van der Waals surface area contributed by atoms with E-state index < -0.39 is 0 Å². The number of hydrogen-bond donors (Lipinski definition) is 0. The first kappa shape index (κ1) is 18.5. The van der Waals surface area contributed by atoms with Crippen LogP contribution in [0.1, 0.15) is 35.8 Å². The first-order chi connectivity index (χ1) is 14.7. The topological polar surface area (TPSA) is 70.4 Å². The average molecular weight is 401 g/mol. The Morgan fingerprint density at radius 2 is 2.17 bits per heavy atom. The van der Waals surface area contributed by atoms with Gasteiger partial charge in [0.15, 0.2) is 0 Å². The van der Waals surface area contributed by atoms with Crippen LogP contribution in [0.15, 0.2) is 59.4 Å². The third kappa shape index (κ3) is 3.46. The van der Waals surface area contributed by atoms with Gasteiger partial charge >= 0.3 is 0 Å². The summed E-state index contributed by atoms with van der Waals surface area (Å²) in [5.41, 5.74) is 3.29. The second-order valence-corrected chi connectivity index (χ2v) is 7.68. The van der Waals surface area contributed by atoms with E-state index in [1.54, 1.807) is 12.1 Å². The van der Waals surface area contributed by atoms with Crippen LogP contribution >= 0.6 is 0 Å². The summed E-state index contributed by atoms with van der Waals surface area (Å²) < 4.78 is 21.0. The van der Waals surface area contributed by atoms with Crippen LogP contribution in [0.3, 0.4) is 0 Å². The zero-order valence-corrected chi connectivity index (χ0v) is 16.3. The molecule has 30 heavy (non-hydrogen) atoms. The molecule has 0 saturated carbocycles. The Morgan fingerprint density at radius 1 is 1.23 bits per heavy atom. The average Bonchev–Trinajstić information content (AvgIpc) is 3.39. The van der Waals surface area contributed by atoms with Crippen LogP contribution in [0, 0.1) is 17.1 Å². The number of hydrogen-bond acceptors (Lipinski definition) is 5. The van der Waals surface area contributed by atoms with Crippen molar-refractivity contribution in [3.63, 3.8) is 0 Å². The lowest BCUT2D eigenvalue weighted by molar-refractivity contribution is 0.180. The zero-order chi connectivity index (χ0) is 20.5. The molecule has 5 rings (SSSR count). The summed E-state index contributed by atoms with van der Waals surface area (Å²) in [6.45, 7) is 2.44. The molecule has 1 fully saturated rings. The van der Waals surface area contributed by atoms with Gasteiger partial charge in [-0.15, -0.1) is 0 Å². The van der Waals surface area contributed by atoms with Crippen LogP contribution in [-0.4, -0.2) is 32.5 Å². The van der Waals surface area contributed by atoms with Gasteiger partial charge in [0, 0.05) is 36.6 Å². The van der Waals surface area contributed by atoms with Crippen molar-refractivity contribution in [1.82, 2.24) is 19.4 Å². The van der Waals surface area contributed by atoms with Crippen molar-refractivity contribution in [2.24, 2.45) is 0 Å². The van der Waals surface area contributed by atoms with E-state index in [1.807, 2.05) is 35.0 Å². The smallest absolute Gasteiger partial charge is 0.231 e. The molecule has 0 amide bonds. The van der Waals surface area contributed by atoms with Crippen LogP contribution in [0.4, 0.5) is 4.39 Å². The number of piperidine rings is 1. The van der Waals surface area contributed by atoms with E-state index in [9.17, 15) is 9.65 Å². The normalized spacial score (nSPS) is 17.3. The van der Waals surface area contributed by atoms with Gasteiger partial charge < -0.3 is 8.92 Å². The molecular formula is C23H20FN5O. The zero-order valence-electron chi connectivity index (χ0n) is 16.3. The molecule has 7 heteroatoms. The first-order valence-electron chi connectivity index (χ1n) is 10.0. The first-order valence-corrected chi connectivity index (χ1v) is 10.0. The molecule has 0 bridgehead atoms. The fourth-order valence-electron chi connectivity index (χ4n) is 4.21. The van der Waals surface area contributed by atoms with Crippen LogP contribution in [0.2, 0.25) is 0 Å². The van der Waals surface area contributed by atoms with E-state index in [4.69, 9.17) is 4.52 Å². The quantitative estimate of drug-likeness (QED) is 0.508. The number of nitriles is 1. The molecule has 4 heterocycles. The monoisotopic (exact) mass is 401 g/mol. The number of pyridine rings is 1. The van der Waals surface area contributed by atoms with Crippen molar-refractivity contribution < 1.29 is 8.91 Å². The van der Waals surface area contributed by atoms with E-state index >= 15 is 0 Å². The number of likely N-dealkylation sites (tertiary alicyclic amines) is 1. The van der Waals surface area contributed by atoms with E-state index in [0.717, 1.165) is 42.6 Å². The molecule has 0 aliphatic carbocycles. The Labute approximate surface area is 173 Å². The van der Waals surface area contributed by atoms with Crippen LogP contribution in [-0.2, 0) is 6.54 Å². The Morgan fingerprint density at radius 3 is 3.03 bits per heavy atom. The fourth-order valence-corrected chi connectivity index (χ4v) is 4.21. The van der Waals surface area contributed by atoms with Crippen LogP contribution in [0.25, 0.3) is 16.9 Å². The van der Waals surface area contributed by atoms with Crippen molar-refractivity contribution in [2.45, 2.75) is 25.3 Å². The van der Waals surface area contributed by atoms with Crippen LogP contribution < -0.4 is 0 Å². The highest BCUT2D eigenvalue weighted by molar-refractivity contribution is 5.65. The predicted molar refractivity (Wildman–Crippen MR) is 109 cm³/mol. The van der Waals surface area contributed by atoms with Gasteiger partial charge in [0.2, 0.25) is 11.7 Å². The molecule has 4 aromatic rings. The molecule has 150 valence electrons. The number of halogens is 1. The highest BCUT2D eigenvalue weighted by atomic mass is 19.1. The van der Waals surface area contributed by atoms with Gasteiger partial charge in [0.25, 0.3) is 0 Å². The summed E-state index contributed by atoms with van der Waals surface area (Å²) in [6, 6.07) is 14.4. The van der Waals surface area contributed by atoms with Gasteiger partial charge in [-0.1, -0.05) is 23.4 Å². The molecule has 1 aliphatic heterocycles. The van der Waals surface area contributed by atoms with Crippen molar-refractivity contribution in [2.75, 3.05) is 13.1 Å². The summed E-state index contributed by atoms with van der Waals surface area (Å²) in [5.74, 6) is 0.792. The molecule has 0 N–H and O–H groups in total. The molecule has 0 radical (unpaired) electrons. The lowest BCUT2D eigenvalue weighted by Crippen LogP contribution is -2.34. The minimum Gasteiger partial charge on any atom is -0.339 e. The van der Waals surface area contributed by atoms with Crippen molar-refractivity contribution in [3.05, 3.63) is 77.7 Å². The summed E-state index contributed by atoms with van der Waals surface area (Å²) in [6.07, 6.45) is 5.97. The third-order valence-corrected chi connectivity index (χ3v) is 5.65. The minimum absolute atomic E-state index is 0.121. The second-order valence-electron chi connectivity index (χ2n) is 7.68. The SMILES string of the molecule is N#Cc1c(CN2CCCC(c3nc(-c4cccc(F)c4)no3)C2)cn2ccccc12. The lowest BCUT2D eigenvalue weighted by Gasteiger charge is -2.30. The standard InChI is InChI=1S/C23H20FN5O/c24-19-7-3-5-16(11-19)22-26-23(30-27-22)17-6-4-9-28(13-17)14-18-15-29-10-2-1-8-21(29)20(18)12-25/h1-3,5,7-8,10-11,15,17H,4,6,9,13-14H2. The molecule has 1 atom stereocenters. The minimum atomic E-state index is -0.323. The number of aromatic nitrogens is 3. The number of benzene rings is 1. The van der Waals surface area contributed by atoms with Gasteiger partial charge in [-0.3, -0.25) is 4.90 Å². The number of fused-ring (bicyclic) bond motifs is 1. The summed E-state index contributed by atoms with van der Waals surface area (Å²) in [7, 11) is 0. The lowest BCUT2D eigenvalue weighted by atomic mass is 9.97. The fraction of sp³-hybridized carbons (Fsp3) is 0.261. The molecule has 1 aliphatic rings. The Bertz CT molecular complexity index is 1240. The van der Waals surface area contributed by atoms with Crippen molar-refractivity contribution >= 4 is 5.52 Å². The molecular weight excluding hydrogens is 381 g/mol. The second kappa shape index (κ2) is 7.73. The van der Waals surface area contributed by atoms with Gasteiger partial charge in [-0.2, -0.15) is 10.2 Å². The largest absolute Gasteiger partial charge is 0.339 e.